The molecule has 1 N–H and O–H groups in total. The minimum Gasteiger partial charge on any atom is -0.481 e. The van der Waals surface area contributed by atoms with Gasteiger partial charge in [-0.1, -0.05) is 23.4 Å². The number of hydrogen-bond donors (Lipinski definition) is 1. The van der Waals surface area contributed by atoms with Gasteiger partial charge in [0.2, 0.25) is 0 Å². The van der Waals surface area contributed by atoms with Gasteiger partial charge < -0.3 is 5.11 Å². The lowest BCUT2D eigenvalue weighted by atomic mass is 10.3. The quantitative estimate of drug-likeness (QED) is 0.678. The third kappa shape index (κ3) is 9.34. The SMILES string of the molecule is C.O=C(O)CCCBr. The Hall–Kier alpha value is -0.0500. The first-order valence-corrected chi connectivity index (χ1v) is 3.17. The van der Waals surface area contributed by atoms with Crippen LogP contribution in [0.1, 0.15) is 20.3 Å². The highest BCUT2D eigenvalue weighted by Gasteiger charge is 1.91. The van der Waals surface area contributed by atoms with E-state index in [4.69, 9.17) is 5.11 Å². The zero-order chi connectivity index (χ0) is 5.70. The molecular weight excluding hydrogens is 172 g/mol. The van der Waals surface area contributed by atoms with Crippen LogP contribution in [-0.2, 0) is 4.79 Å². The number of aliphatic carboxylic acids is 1. The average molecular weight is 183 g/mol. The van der Waals surface area contributed by atoms with Gasteiger partial charge in [-0.05, 0) is 6.42 Å². The minimum atomic E-state index is -0.723. The van der Waals surface area contributed by atoms with Crippen molar-refractivity contribution >= 4 is 21.9 Å². The highest BCUT2D eigenvalue weighted by Crippen LogP contribution is 1.91. The van der Waals surface area contributed by atoms with E-state index in [0.717, 1.165) is 11.8 Å². The number of alkyl halides is 1. The van der Waals surface area contributed by atoms with Crippen LogP contribution in [0.4, 0.5) is 0 Å². The summed E-state index contributed by atoms with van der Waals surface area (Å²) in [5, 5.41) is 8.80. The van der Waals surface area contributed by atoms with Crippen LogP contribution in [0.15, 0.2) is 0 Å². The molecule has 0 saturated carbocycles. The molecule has 0 atom stereocenters. The van der Waals surface area contributed by atoms with E-state index in [2.05, 4.69) is 15.9 Å². The molecular formula is C5H11BrO2. The van der Waals surface area contributed by atoms with Gasteiger partial charge in [-0.2, -0.15) is 0 Å². The van der Waals surface area contributed by atoms with Crippen LogP contribution in [0.25, 0.3) is 0 Å². The third-order valence-electron chi connectivity index (χ3n) is 0.524. The van der Waals surface area contributed by atoms with E-state index in [1.54, 1.807) is 0 Å². The molecule has 0 heterocycles. The van der Waals surface area contributed by atoms with Crippen molar-refractivity contribution in [2.45, 2.75) is 20.3 Å². The van der Waals surface area contributed by atoms with Crippen molar-refractivity contribution in [1.82, 2.24) is 0 Å². The molecule has 0 aliphatic rings. The standard InChI is InChI=1S/C4H7BrO2.CH4/c5-3-1-2-4(6)7;/h1-3H2,(H,6,7);1H4. The van der Waals surface area contributed by atoms with E-state index >= 15 is 0 Å². The predicted octanol–water partition coefficient (Wildman–Crippen LogP) is 1.88. The molecule has 0 unspecified atom stereocenters. The van der Waals surface area contributed by atoms with Crippen LogP contribution in [0, 0.1) is 0 Å². The molecule has 0 aliphatic heterocycles. The first-order chi connectivity index (χ1) is 3.27. The van der Waals surface area contributed by atoms with E-state index in [1.807, 2.05) is 0 Å². The minimum absolute atomic E-state index is 0. The van der Waals surface area contributed by atoms with Crippen LogP contribution in [0.3, 0.4) is 0 Å². The van der Waals surface area contributed by atoms with Crippen molar-refractivity contribution < 1.29 is 9.90 Å². The maximum Gasteiger partial charge on any atom is 0.303 e. The van der Waals surface area contributed by atoms with E-state index in [0.29, 0.717) is 0 Å². The molecule has 0 spiro atoms. The van der Waals surface area contributed by atoms with Gasteiger partial charge in [0.15, 0.2) is 0 Å². The predicted molar refractivity (Wildman–Crippen MR) is 37.4 cm³/mol. The largest absolute Gasteiger partial charge is 0.481 e. The summed E-state index contributed by atoms with van der Waals surface area (Å²) in [5.74, 6) is -0.723. The topological polar surface area (TPSA) is 37.3 Å². The molecule has 0 amide bonds. The number of carbonyl (C=O) groups is 1. The summed E-state index contributed by atoms with van der Waals surface area (Å²) in [5.41, 5.74) is 0. The summed E-state index contributed by atoms with van der Waals surface area (Å²) in [6.07, 6.45) is 0.987. The van der Waals surface area contributed by atoms with Crippen LogP contribution in [0.2, 0.25) is 0 Å². The summed E-state index contributed by atoms with van der Waals surface area (Å²) >= 11 is 3.11. The van der Waals surface area contributed by atoms with E-state index in [-0.39, 0.29) is 13.8 Å². The lowest BCUT2D eigenvalue weighted by molar-refractivity contribution is -0.137. The summed E-state index contributed by atoms with van der Waals surface area (Å²) in [6.45, 7) is 0. The highest BCUT2D eigenvalue weighted by atomic mass is 79.9. The molecule has 0 radical (unpaired) electrons. The fraction of sp³-hybridized carbons (Fsp3) is 0.800. The van der Waals surface area contributed by atoms with E-state index in [1.165, 1.54) is 0 Å². The Labute approximate surface area is 58.0 Å². The first kappa shape index (κ1) is 10.8. The normalized spacial score (nSPS) is 7.62. The molecule has 50 valence electrons. The molecule has 0 aromatic heterocycles. The first-order valence-electron chi connectivity index (χ1n) is 2.05. The number of carboxylic acid groups (broad SMARTS) is 1. The molecule has 0 rings (SSSR count). The molecule has 2 nitrogen and oxygen atoms in total. The molecule has 0 saturated heterocycles. The summed E-state index contributed by atoms with van der Waals surface area (Å²) in [4.78, 5) is 9.74. The van der Waals surface area contributed by atoms with Gasteiger partial charge in [-0.25, -0.2) is 0 Å². The van der Waals surface area contributed by atoms with Crippen molar-refractivity contribution in [2.75, 3.05) is 5.33 Å². The molecule has 8 heavy (non-hydrogen) atoms. The number of rotatable bonds is 3. The fourth-order valence-electron chi connectivity index (χ4n) is 0.218. The fourth-order valence-corrected chi connectivity index (χ4v) is 0.498. The van der Waals surface area contributed by atoms with Gasteiger partial charge >= 0.3 is 5.97 Å². The van der Waals surface area contributed by atoms with Gasteiger partial charge in [0.1, 0.15) is 0 Å². The highest BCUT2D eigenvalue weighted by molar-refractivity contribution is 9.09. The van der Waals surface area contributed by atoms with Crippen LogP contribution in [0.5, 0.6) is 0 Å². The van der Waals surface area contributed by atoms with Crippen molar-refractivity contribution in [3.8, 4) is 0 Å². The van der Waals surface area contributed by atoms with E-state index in [9.17, 15) is 4.79 Å². The zero-order valence-corrected chi connectivity index (χ0v) is 5.44. The van der Waals surface area contributed by atoms with Crippen LogP contribution < -0.4 is 0 Å². The Morgan fingerprint density at radius 2 is 2.12 bits per heavy atom. The van der Waals surface area contributed by atoms with Crippen molar-refractivity contribution in [3.63, 3.8) is 0 Å². The Morgan fingerprint density at radius 3 is 2.25 bits per heavy atom. The maximum absolute atomic E-state index is 9.74. The second kappa shape index (κ2) is 6.95. The Kier molecular flexibility index (Phi) is 9.42. The zero-order valence-electron chi connectivity index (χ0n) is 3.85. The average Bonchev–Trinajstić information content (AvgIpc) is 1.61. The number of halogens is 1. The second-order valence-corrected chi connectivity index (χ2v) is 1.98. The van der Waals surface area contributed by atoms with Gasteiger partial charge in [-0.3, -0.25) is 4.79 Å². The van der Waals surface area contributed by atoms with Crippen LogP contribution in [-0.4, -0.2) is 16.4 Å². The van der Waals surface area contributed by atoms with Gasteiger partial charge in [0.05, 0.1) is 0 Å². The Morgan fingerprint density at radius 1 is 1.62 bits per heavy atom. The molecule has 0 aromatic carbocycles. The smallest absolute Gasteiger partial charge is 0.303 e. The van der Waals surface area contributed by atoms with Gasteiger partial charge in [-0.15, -0.1) is 0 Å². The molecule has 0 bridgehead atoms. The number of hydrogen-bond acceptors (Lipinski definition) is 1. The van der Waals surface area contributed by atoms with Gasteiger partial charge in [0, 0.05) is 11.8 Å². The Bertz CT molecular complexity index is 63.4. The van der Waals surface area contributed by atoms with Crippen LogP contribution >= 0.6 is 15.9 Å². The van der Waals surface area contributed by atoms with Crippen molar-refractivity contribution in [1.29, 1.82) is 0 Å². The second-order valence-electron chi connectivity index (χ2n) is 1.19. The third-order valence-corrected chi connectivity index (χ3v) is 1.09. The summed E-state index contributed by atoms with van der Waals surface area (Å²) < 4.78 is 0. The maximum atomic E-state index is 9.74. The Balaban J connectivity index is 0. The monoisotopic (exact) mass is 182 g/mol. The van der Waals surface area contributed by atoms with Crippen molar-refractivity contribution in [3.05, 3.63) is 0 Å². The molecule has 0 aromatic rings. The summed E-state index contributed by atoms with van der Waals surface area (Å²) in [6, 6.07) is 0. The molecule has 3 heteroatoms. The number of carboxylic acids is 1. The van der Waals surface area contributed by atoms with Gasteiger partial charge in [0.25, 0.3) is 0 Å². The van der Waals surface area contributed by atoms with Crippen molar-refractivity contribution in [2.24, 2.45) is 0 Å². The summed E-state index contributed by atoms with van der Waals surface area (Å²) in [7, 11) is 0. The molecule has 0 aliphatic carbocycles. The lowest BCUT2D eigenvalue weighted by Gasteiger charge is -1.84. The molecule has 0 fully saturated rings. The van der Waals surface area contributed by atoms with E-state index < -0.39 is 5.97 Å². The lowest BCUT2D eigenvalue weighted by Crippen LogP contribution is -1.93.